The van der Waals surface area contributed by atoms with Crippen molar-refractivity contribution in [1.82, 2.24) is 5.32 Å². The summed E-state index contributed by atoms with van der Waals surface area (Å²) < 4.78 is 6.58. The average Bonchev–Trinajstić information content (AvgIpc) is 2.66. The topological polar surface area (TPSA) is 62.1 Å². The van der Waals surface area contributed by atoms with Crippen LogP contribution in [0.15, 0.2) is 58.6 Å². The van der Waals surface area contributed by atoms with Gasteiger partial charge in [-0.3, -0.25) is 4.79 Å². The smallest absolute Gasteiger partial charge is 0.262 e. The highest BCUT2D eigenvalue weighted by atomic mass is 79.9. The van der Waals surface area contributed by atoms with Crippen LogP contribution in [0, 0.1) is 11.3 Å². The third-order valence-electron chi connectivity index (χ3n) is 3.86. The molecule has 1 N–H and O–H groups in total. The number of hydrogen-bond donors (Lipinski definition) is 1. The SMILES string of the molecule is CC[C@H](C)NC(=O)/C(C#N)=C/c1ccc(OCc2ccccc2)c(Br)c1. The highest BCUT2D eigenvalue weighted by Gasteiger charge is 2.12. The number of nitriles is 1. The van der Waals surface area contributed by atoms with E-state index < -0.39 is 0 Å². The Morgan fingerprint density at radius 2 is 2.04 bits per heavy atom. The molecule has 0 aliphatic rings. The number of ether oxygens (including phenoxy) is 1. The van der Waals surface area contributed by atoms with Crippen LogP contribution in [0.4, 0.5) is 0 Å². The summed E-state index contributed by atoms with van der Waals surface area (Å²) in [4.78, 5) is 12.1. The van der Waals surface area contributed by atoms with Crippen LogP contribution in [-0.4, -0.2) is 11.9 Å². The van der Waals surface area contributed by atoms with Gasteiger partial charge in [-0.1, -0.05) is 43.3 Å². The van der Waals surface area contributed by atoms with E-state index in [0.29, 0.717) is 12.4 Å². The van der Waals surface area contributed by atoms with E-state index >= 15 is 0 Å². The number of carbonyl (C=O) groups excluding carboxylic acids is 1. The molecular weight excluding hydrogens is 392 g/mol. The van der Waals surface area contributed by atoms with Gasteiger partial charge in [0.2, 0.25) is 0 Å². The molecule has 0 saturated heterocycles. The Morgan fingerprint density at radius 3 is 2.65 bits per heavy atom. The molecule has 4 nitrogen and oxygen atoms in total. The van der Waals surface area contributed by atoms with Crippen LogP contribution in [0.2, 0.25) is 0 Å². The van der Waals surface area contributed by atoms with Crippen LogP contribution in [0.5, 0.6) is 5.75 Å². The van der Waals surface area contributed by atoms with Crippen LogP contribution >= 0.6 is 15.9 Å². The zero-order valence-electron chi connectivity index (χ0n) is 14.8. The maximum atomic E-state index is 12.1. The quantitative estimate of drug-likeness (QED) is 0.522. The summed E-state index contributed by atoms with van der Waals surface area (Å²) in [6, 6.07) is 17.4. The minimum Gasteiger partial charge on any atom is -0.488 e. The van der Waals surface area contributed by atoms with Gasteiger partial charge in [0.15, 0.2) is 0 Å². The van der Waals surface area contributed by atoms with E-state index in [1.807, 2.05) is 68.4 Å². The molecule has 0 aliphatic carbocycles. The molecule has 1 amide bonds. The van der Waals surface area contributed by atoms with E-state index in [1.165, 1.54) is 0 Å². The number of nitrogens with zero attached hydrogens (tertiary/aromatic N) is 1. The highest BCUT2D eigenvalue weighted by molar-refractivity contribution is 9.10. The van der Waals surface area contributed by atoms with E-state index in [-0.39, 0.29) is 17.5 Å². The van der Waals surface area contributed by atoms with E-state index in [1.54, 1.807) is 6.08 Å². The minimum atomic E-state index is -0.359. The van der Waals surface area contributed by atoms with Gasteiger partial charge in [-0.15, -0.1) is 0 Å². The average molecular weight is 413 g/mol. The third kappa shape index (κ3) is 5.75. The molecule has 0 saturated carbocycles. The molecule has 0 fully saturated rings. The molecule has 1 atom stereocenters. The molecule has 0 heterocycles. The van der Waals surface area contributed by atoms with Crippen LogP contribution in [-0.2, 0) is 11.4 Å². The van der Waals surface area contributed by atoms with Crippen LogP contribution in [0.3, 0.4) is 0 Å². The predicted octanol–water partition coefficient (Wildman–Crippen LogP) is 4.85. The van der Waals surface area contributed by atoms with E-state index in [4.69, 9.17) is 4.74 Å². The van der Waals surface area contributed by atoms with Gasteiger partial charge in [-0.2, -0.15) is 5.26 Å². The molecule has 0 aliphatic heterocycles. The Labute approximate surface area is 162 Å². The van der Waals surface area contributed by atoms with E-state index in [9.17, 15) is 10.1 Å². The van der Waals surface area contributed by atoms with E-state index in [0.717, 1.165) is 22.0 Å². The first-order chi connectivity index (χ1) is 12.5. The van der Waals surface area contributed by atoms with Crippen molar-refractivity contribution in [1.29, 1.82) is 5.26 Å². The second-order valence-corrected chi connectivity index (χ2v) is 6.77. The predicted molar refractivity (Wildman–Crippen MR) is 106 cm³/mol. The molecule has 0 aromatic heterocycles. The van der Waals surface area contributed by atoms with Crippen molar-refractivity contribution in [2.45, 2.75) is 32.9 Å². The van der Waals surface area contributed by atoms with Crippen molar-refractivity contribution in [3.63, 3.8) is 0 Å². The van der Waals surface area contributed by atoms with Crippen LogP contribution in [0.25, 0.3) is 6.08 Å². The van der Waals surface area contributed by atoms with Crippen molar-refractivity contribution in [3.8, 4) is 11.8 Å². The number of amides is 1. The summed E-state index contributed by atoms with van der Waals surface area (Å²) >= 11 is 3.48. The number of rotatable bonds is 7. The fourth-order valence-electron chi connectivity index (χ4n) is 2.18. The summed E-state index contributed by atoms with van der Waals surface area (Å²) in [5, 5.41) is 12.1. The van der Waals surface area contributed by atoms with Crippen molar-refractivity contribution in [2.24, 2.45) is 0 Å². The van der Waals surface area contributed by atoms with Crippen molar-refractivity contribution in [2.75, 3.05) is 0 Å². The van der Waals surface area contributed by atoms with Gasteiger partial charge < -0.3 is 10.1 Å². The van der Waals surface area contributed by atoms with Gasteiger partial charge in [-0.05, 0) is 58.6 Å². The fraction of sp³-hybridized carbons (Fsp3) is 0.238. The zero-order valence-corrected chi connectivity index (χ0v) is 16.4. The Bertz CT molecular complexity index is 826. The van der Waals surface area contributed by atoms with Gasteiger partial charge in [-0.25, -0.2) is 0 Å². The summed E-state index contributed by atoms with van der Waals surface area (Å²) in [5.74, 6) is 0.343. The third-order valence-corrected chi connectivity index (χ3v) is 4.48. The molecule has 2 rings (SSSR count). The lowest BCUT2D eigenvalue weighted by atomic mass is 10.1. The Balaban J connectivity index is 2.10. The second-order valence-electron chi connectivity index (χ2n) is 5.92. The molecule has 2 aromatic rings. The summed E-state index contributed by atoms with van der Waals surface area (Å²) in [6.07, 6.45) is 2.38. The Morgan fingerprint density at radius 1 is 1.31 bits per heavy atom. The lowest BCUT2D eigenvalue weighted by molar-refractivity contribution is -0.117. The van der Waals surface area contributed by atoms with Crippen molar-refractivity contribution < 1.29 is 9.53 Å². The molecule has 5 heteroatoms. The minimum absolute atomic E-state index is 0.0275. The lowest BCUT2D eigenvalue weighted by Crippen LogP contribution is -2.32. The summed E-state index contributed by atoms with van der Waals surface area (Å²) in [6.45, 7) is 4.35. The molecule has 0 radical (unpaired) electrons. The molecule has 0 bridgehead atoms. The Hall–Kier alpha value is -2.58. The van der Waals surface area contributed by atoms with Crippen LogP contribution < -0.4 is 10.1 Å². The molecule has 0 spiro atoms. The first kappa shape index (κ1) is 19.7. The van der Waals surface area contributed by atoms with E-state index in [2.05, 4.69) is 21.2 Å². The molecule has 26 heavy (non-hydrogen) atoms. The molecule has 2 aromatic carbocycles. The summed E-state index contributed by atoms with van der Waals surface area (Å²) in [5.41, 5.74) is 1.91. The molecule has 134 valence electrons. The Kier molecular flexibility index (Phi) is 7.43. The van der Waals surface area contributed by atoms with Gasteiger partial charge >= 0.3 is 0 Å². The number of hydrogen-bond acceptors (Lipinski definition) is 3. The molecule has 0 unspecified atom stereocenters. The molecular formula is C21H21BrN2O2. The lowest BCUT2D eigenvalue weighted by Gasteiger charge is -2.11. The number of benzene rings is 2. The standard InChI is InChI=1S/C21H21BrN2O2/c1-3-15(2)24-21(25)18(13-23)11-17-9-10-20(19(22)12-17)26-14-16-7-5-4-6-8-16/h4-12,15H,3,14H2,1-2H3,(H,24,25)/b18-11+/t15-/m0/s1. The van der Waals surface area contributed by atoms with Gasteiger partial charge in [0, 0.05) is 6.04 Å². The largest absolute Gasteiger partial charge is 0.488 e. The highest BCUT2D eigenvalue weighted by Crippen LogP contribution is 2.27. The monoisotopic (exact) mass is 412 g/mol. The van der Waals surface area contributed by atoms with Crippen molar-refractivity contribution >= 4 is 27.9 Å². The van der Waals surface area contributed by atoms with Crippen molar-refractivity contribution in [3.05, 3.63) is 69.7 Å². The van der Waals surface area contributed by atoms with Gasteiger partial charge in [0.1, 0.15) is 24.0 Å². The second kappa shape index (κ2) is 9.79. The first-order valence-electron chi connectivity index (χ1n) is 8.42. The number of carbonyl (C=O) groups is 1. The first-order valence-corrected chi connectivity index (χ1v) is 9.21. The maximum Gasteiger partial charge on any atom is 0.262 e. The normalized spacial score (nSPS) is 12.2. The van der Waals surface area contributed by atoms with Gasteiger partial charge in [0.25, 0.3) is 5.91 Å². The zero-order chi connectivity index (χ0) is 18.9. The van der Waals surface area contributed by atoms with Crippen LogP contribution in [0.1, 0.15) is 31.4 Å². The van der Waals surface area contributed by atoms with Gasteiger partial charge in [0.05, 0.1) is 4.47 Å². The maximum absolute atomic E-state index is 12.1. The number of nitrogens with one attached hydrogen (secondary N) is 1. The number of halogens is 1. The fourth-order valence-corrected chi connectivity index (χ4v) is 2.69. The summed E-state index contributed by atoms with van der Waals surface area (Å²) in [7, 11) is 0.